The molecular weight excluding hydrogens is 352 g/mol. The third-order valence-electron chi connectivity index (χ3n) is 3.80. The summed E-state index contributed by atoms with van der Waals surface area (Å²) in [4.78, 5) is 17.3. The van der Waals surface area contributed by atoms with E-state index in [1.165, 1.54) is 0 Å². The number of aromatic amines is 1. The Labute approximate surface area is 152 Å². The number of hydrogen-bond acceptors (Lipinski definition) is 7. The minimum atomic E-state index is 0.0324. The molecule has 0 fully saturated rings. The molecule has 0 aliphatic heterocycles. The van der Waals surface area contributed by atoms with Crippen LogP contribution in [0.1, 0.15) is 11.4 Å². The fraction of sp³-hybridized carbons (Fsp3) is 0.0588. The van der Waals surface area contributed by atoms with Gasteiger partial charge in [-0.25, -0.2) is 15.0 Å². The van der Waals surface area contributed by atoms with Gasteiger partial charge in [-0.1, -0.05) is 11.6 Å². The van der Waals surface area contributed by atoms with Crippen molar-refractivity contribution < 1.29 is 0 Å². The topological polar surface area (TPSA) is 130 Å². The van der Waals surface area contributed by atoms with Gasteiger partial charge in [-0.15, -0.1) is 0 Å². The first-order valence-electron chi connectivity index (χ1n) is 7.56. The number of anilines is 1. The van der Waals surface area contributed by atoms with E-state index in [9.17, 15) is 5.26 Å². The van der Waals surface area contributed by atoms with Gasteiger partial charge in [0.05, 0.1) is 28.6 Å². The van der Waals surface area contributed by atoms with Crippen LogP contribution in [0.4, 0.5) is 5.82 Å². The molecular formula is C17H11ClN8. The van der Waals surface area contributed by atoms with Gasteiger partial charge in [-0.3, -0.25) is 10.1 Å². The molecule has 0 atom stereocenters. The molecule has 0 saturated heterocycles. The number of nitrogens with two attached hydrogens (primary N) is 1. The van der Waals surface area contributed by atoms with Crippen molar-refractivity contribution in [1.82, 2.24) is 30.1 Å². The minimum Gasteiger partial charge on any atom is -0.381 e. The lowest BCUT2D eigenvalue weighted by atomic mass is 10.1. The van der Waals surface area contributed by atoms with Crippen molar-refractivity contribution in [3.63, 3.8) is 0 Å². The zero-order valence-corrected chi connectivity index (χ0v) is 14.3. The molecule has 26 heavy (non-hydrogen) atoms. The molecule has 0 amide bonds. The van der Waals surface area contributed by atoms with Gasteiger partial charge in [-0.05, 0) is 19.1 Å². The number of aromatic nitrogens is 6. The molecule has 0 saturated carbocycles. The van der Waals surface area contributed by atoms with E-state index in [4.69, 9.17) is 17.3 Å². The molecule has 4 rings (SSSR count). The number of nitrogens with zero attached hydrogens (tertiary/aromatic N) is 6. The molecule has 3 N–H and O–H groups in total. The third-order valence-corrected chi connectivity index (χ3v) is 4.10. The Kier molecular flexibility index (Phi) is 3.71. The molecule has 0 radical (unpaired) electrons. The molecule has 0 bridgehead atoms. The van der Waals surface area contributed by atoms with Gasteiger partial charge in [0.15, 0.2) is 11.5 Å². The van der Waals surface area contributed by atoms with Crippen molar-refractivity contribution in [3.05, 3.63) is 47.1 Å². The van der Waals surface area contributed by atoms with Gasteiger partial charge in [0.1, 0.15) is 23.2 Å². The van der Waals surface area contributed by atoms with E-state index >= 15 is 0 Å². The molecule has 3 heterocycles. The Bertz CT molecular complexity index is 1190. The Hall–Kier alpha value is -3.57. The highest BCUT2D eigenvalue weighted by Gasteiger charge is 2.18. The SMILES string of the molecule is Cc1cncc(-c2nc(N)c(C#N)nc2-c2cc(Cl)c3[nH]ncc3c2)n1. The van der Waals surface area contributed by atoms with Crippen molar-refractivity contribution in [1.29, 1.82) is 5.26 Å². The smallest absolute Gasteiger partial charge is 0.183 e. The molecule has 0 unspecified atom stereocenters. The quantitative estimate of drug-likeness (QED) is 0.560. The van der Waals surface area contributed by atoms with Crippen LogP contribution in [-0.4, -0.2) is 30.1 Å². The van der Waals surface area contributed by atoms with Crippen LogP contribution >= 0.6 is 11.6 Å². The molecule has 4 aromatic rings. The predicted octanol–water partition coefficient (Wildman–Crippen LogP) is 2.89. The van der Waals surface area contributed by atoms with E-state index in [1.54, 1.807) is 24.7 Å². The molecule has 0 aliphatic rings. The van der Waals surface area contributed by atoms with Gasteiger partial charge in [-0.2, -0.15) is 10.4 Å². The van der Waals surface area contributed by atoms with Crippen molar-refractivity contribution >= 4 is 28.3 Å². The van der Waals surface area contributed by atoms with Crippen molar-refractivity contribution in [2.75, 3.05) is 5.73 Å². The number of nitrogens with one attached hydrogen (secondary N) is 1. The zero-order valence-electron chi connectivity index (χ0n) is 13.5. The predicted molar refractivity (Wildman–Crippen MR) is 97.0 cm³/mol. The highest BCUT2D eigenvalue weighted by Crippen LogP contribution is 2.34. The Balaban J connectivity index is 2.03. The van der Waals surface area contributed by atoms with Crippen LogP contribution in [0.5, 0.6) is 0 Å². The summed E-state index contributed by atoms with van der Waals surface area (Å²) in [6.07, 6.45) is 4.87. The first-order chi connectivity index (χ1) is 12.6. The molecule has 3 aromatic heterocycles. The Morgan fingerprint density at radius 1 is 1.12 bits per heavy atom. The maximum absolute atomic E-state index is 9.29. The number of aryl methyl sites for hydroxylation is 1. The molecule has 0 aliphatic carbocycles. The maximum atomic E-state index is 9.29. The highest BCUT2D eigenvalue weighted by atomic mass is 35.5. The van der Waals surface area contributed by atoms with E-state index in [0.717, 1.165) is 16.6 Å². The summed E-state index contributed by atoms with van der Waals surface area (Å²) in [5.41, 5.74) is 9.40. The summed E-state index contributed by atoms with van der Waals surface area (Å²) in [5.74, 6) is 0.0324. The van der Waals surface area contributed by atoms with Crippen LogP contribution in [0.2, 0.25) is 5.02 Å². The first-order valence-corrected chi connectivity index (χ1v) is 7.94. The lowest BCUT2D eigenvalue weighted by Gasteiger charge is -2.10. The number of nitrogen functional groups attached to an aromatic ring is 1. The van der Waals surface area contributed by atoms with Gasteiger partial charge in [0, 0.05) is 17.1 Å². The Morgan fingerprint density at radius 2 is 1.96 bits per heavy atom. The number of fused-ring (bicyclic) bond motifs is 1. The lowest BCUT2D eigenvalue weighted by molar-refractivity contribution is 1.09. The van der Waals surface area contributed by atoms with Crippen LogP contribution in [0.15, 0.2) is 30.7 Å². The summed E-state index contributed by atoms with van der Waals surface area (Å²) in [5, 5.41) is 17.4. The number of hydrogen-bond donors (Lipinski definition) is 2. The number of halogens is 1. The molecule has 8 nitrogen and oxygen atoms in total. The van der Waals surface area contributed by atoms with Crippen LogP contribution in [0, 0.1) is 18.3 Å². The van der Waals surface area contributed by atoms with Gasteiger partial charge < -0.3 is 5.73 Å². The monoisotopic (exact) mass is 362 g/mol. The first kappa shape index (κ1) is 15.9. The zero-order chi connectivity index (χ0) is 18.3. The fourth-order valence-corrected chi connectivity index (χ4v) is 2.91. The second-order valence-corrected chi connectivity index (χ2v) is 6.01. The Morgan fingerprint density at radius 3 is 2.73 bits per heavy atom. The second kappa shape index (κ2) is 6.06. The summed E-state index contributed by atoms with van der Waals surface area (Å²) < 4.78 is 0. The average molecular weight is 363 g/mol. The molecule has 0 spiro atoms. The summed E-state index contributed by atoms with van der Waals surface area (Å²) in [6, 6.07) is 5.55. The van der Waals surface area contributed by atoms with E-state index in [-0.39, 0.29) is 11.5 Å². The highest BCUT2D eigenvalue weighted by molar-refractivity contribution is 6.35. The van der Waals surface area contributed by atoms with Gasteiger partial charge in [0.25, 0.3) is 0 Å². The van der Waals surface area contributed by atoms with E-state index in [0.29, 0.717) is 27.7 Å². The molecule has 1 aromatic carbocycles. The fourth-order valence-electron chi connectivity index (χ4n) is 2.64. The summed E-state index contributed by atoms with van der Waals surface area (Å²) >= 11 is 6.34. The van der Waals surface area contributed by atoms with E-state index in [1.807, 2.05) is 19.1 Å². The largest absolute Gasteiger partial charge is 0.381 e. The van der Waals surface area contributed by atoms with E-state index in [2.05, 4.69) is 30.1 Å². The third kappa shape index (κ3) is 2.60. The number of rotatable bonds is 2. The molecule has 9 heteroatoms. The van der Waals surface area contributed by atoms with Crippen LogP contribution < -0.4 is 5.73 Å². The van der Waals surface area contributed by atoms with E-state index < -0.39 is 0 Å². The number of benzene rings is 1. The average Bonchev–Trinajstić information content (AvgIpc) is 3.10. The number of nitriles is 1. The summed E-state index contributed by atoms with van der Waals surface area (Å²) in [6.45, 7) is 1.82. The van der Waals surface area contributed by atoms with Crippen molar-refractivity contribution in [2.24, 2.45) is 0 Å². The van der Waals surface area contributed by atoms with Crippen LogP contribution in [0.3, 0.4) is 0 Å². The van der Waals surface area contributed by atoms with Gasteiger partial charge in [0.2, 0.25) is 0 Å². The lowest BCUT2D eigenvalue weighted by Crippen LogP contribution is -2.04. The number of H-pyrrole nitrogens is 1. The standard InChI is InChI=1S/C17H11ClN8/c1-8-5-21-7-13(23-8)16-15(24-12(4-19)17(20)25-16)9-2-10-6-22-26-14(10)11(18)3-9/h2-3,5-7H,1H3,(H2,20,25)(H,22,26). The van der Waals surface area contributed by atoms with Crippen LogP contribution in [-0.2, 0) is 0 Å². The minimum absolute atomic E-state index is 0.0324. The molecule has 126 valence electrons. The van der Waals surface area contributed by atoms with Crippen molar-refractivity contribution in [3.8, 4) is 28.7 Å². The van der Waals surface area contributed by atoms with Crippen LogP contribution in [0.25, 0.3) is 33.5 Å². The van der Waals surface area contributed by atoms with Gasteiger partial charge >= 0.3 is 0 Å². The normalized spacial score (nSPS) is 10.8. The summed E-state index contributed by atoms with van der Waals surface area (Å²) in [7, 11) is 0. The second-order valence-electron chi connectivity index (χ2n) is 5.60. The van der Waals surface area contributed by atoms with Crippen molar-refractivity contribution in [2.45, 2.75) is 6.92 Å². The maximum Gasteiger partial charge on any atom is 0.183 e.